The lowest BCUT2D eigenvalue weighted by Gasteiger charge is -2.45. The Kier molecular flexibility index (Phi) is 5.31. The molecule has 152 valence electrons. The summed E-state index contributed by atoms with van der Waals surface area (Å²) >= 11 is 0. The summed E-state index contributed by atoms with van der Waals surface area (Å²) in [5.41, 5.74) is 3.81. The Bertz CT molecular complexity index is 1180. The van der Waals surface area contributed by atoms with Crippen LogP contribution in [0, 0.1) is 19.8 Å². The molecule has 1 amide bonds. The van der Waals surface area contributed by atoms with Crippen LogP contribution < -0.4 is 0 Å². The minimum atomic E-state index is -3.94. The van der Waals surface area contributed by atoms with Crippen LogP contribution in [0.3, 0.4) is 0 Å². The summed E-state index contributed by atoms with van der Waals surface area (Å²) in [5, 5.41) is 0. The summed E-state index contributed by atoms with van der Waals surface area (Å²) < 4.78 is 27.6. The van der Waals surface area contributed by atoms with Crippen LogP contribution in [-0.2, 0) is 14.8 Å². The van der Waals surface area contributed by atoms with Gasteiger partial charge in [-0.3, -0.25) is 4.79 Å². The third-order valence-electron chi connectivity index (χ3n) is 5.39. The Morgan fingerprint density at radius 2 is 1.37 bits per heavy atom. The molecule has 0 bridgehead atoms. The normalized spacial score (nSPS) is 19.1. The van der Waals surface area contributed by atoms with Crippen LogP contribution >= 0.6 is 0 Å². The summed E-state index contributed by atoms with van der Waals surface area (Å²) in [7, 11) is -3.94. The van der Waals surface area contributed by atoms with E-state index in [-0.39, 0.29) is 4.90 Å². The van der Waals surface area contributed by atoms with Gasteiger partial charge in [0, 0.05) is 0 Å². The van der Waals surface area contributed by atoms with Gasteiger partial charge in [-0.15, -0.1) is 0 Å². The Morgan fingerprint density at radius 3 is 1.97 bits per heavy atom. The van der Waals surface area contributed by atoms with E-state index in [1.54, 1.807) is 24.3 Å². The molecule has 3 aromatic rings. The number of hydrogen-bond donors (Lipinski definition) is 0. The van der Waals surface area contributed by atoms with Gasteiger partial charge in [0.05, 0.1) is 16.9 Å². The second-order valence-corrected chi connectivity index (χ2v) is 9.42. The maximum absolute atomic E-state index is 13.3. The van der Waals surface area contributed by atoms with Crippen molar-refractivity contribution in [2.45, 2.75) is 24.8 Å². The van der Waals surface area contributed by atoms with Crippen molar-refractivity contribution in [2.75, 3.05) is 0 Å². The maximum atomic E-state index is 13.3. The molecule has 5 heteroatoms. The smallest absolute Gasteiger partial charge is 0.267 e. The Balaban J connectivity index is 1.72. The molecule has 0 unspecified atom stereocenters. The molecule has 0 aliphatic carbocycles. The summed E-state index contributed by atoms with van der Waals surface area (Å²) in [6.07, 6.45) is 3.68. The van der Waals surface area contributed by atoms with E-state index in [1.807, 2.05) is 80.6 Å². The van der Waals surface area contributed by atoms with Crippen molar-refractivity contribution in [1.29, 1.82) is 0 Å². The topological polar surface area (TPSA) is 54.5 Å². The fraction of sp³-hybridized carbons (Fsp3) is 0.160. The highest BCUT2D eigenvalue weighted by Crippen LogP contribution is 2.45. The molecule has 0 aromatic heterocycles. The Morgan fingerprint density at radius 1 is 0.800 bits per heavy atom. The average molecular weight is 418 g/mol. The largest absolute Gasteiger partial charge is 0.273 e. The fourth-order valence-corrected chi connectivity index (χ4v) is 5.27. The Labute approximate surface area is 177 Å². The van der Waals surface area contributed by atoms with Crippen LogP contribution in [0.5, 0.6) is 0 Å². The van der Waals surface area contributed by atoms with E-state index < -0.39 is 27.9 Å². The molecule has 0 radical (unpaired) electrons. The van der Waals surface area contributed by atoms with Gasteiger partial charge in [0.15, 0.2) is 0 Å². The average Bonchev–Trinajstić information content (AvgIpc) is 2.74. The molecule has 1 aliphatic rings. The van der Waals surface area contributed by atoms with Crippen LogP contribution in [-0.4, -0.2) is 18.6 Å². The number of hydrogen-bond acceptors (Lipinski definition) is 3. The number of β-lactam (4-membered cyclic amide) rings is 1. The zero-order chi connectivity index (χ0) is 21.3. The van der Waals surface area contributed by atoms with Crippen molar-refractivity contribution < 1.29 is 13.2 Å². The van der Waals surface area contributed by atoms with Crippen LogP contribution in [0.25, 0.3) is 6.08 Å². The molecule has 1 heterocycles. The summed E-state index contributed by atoms with van der Waals surface area (Å²) in [5.74, 6) is -0.943. The van der Waals surface area contributed by atoms with Crippen LogP contribution in [0.2, 0.25) is 0 Å². The zero-order valence-corrected chi connectivity index (χ0v) is 17.7. The number of amides is 1. The van der Waals surface area contributed by atoms with Crippen molar-refractivity contribution in [3.63, 3.8) is 0 Å². The predicted molar refractivity (Wildman–Crippen MR) is 118 cm³/mol. The molecular formula is C25H23NO3S. The first-order valence-corrected chi connectivity index (χ1v) is 11.3. The fourth-order valence-electron chi connectivity index (χ4n) is 3.65. The lowest BCUT2D eigenvalue weighted by Crippen LogP contribution is -2.56. The first-order valence-electron chi connectivity index (χ1n) is 9.83. The zero-order valence-electron chi connectivity index (χ0n) is 16.9. The number of aryl methyl sites for hydroxylation is 2. The first kappa shape index (κ1) is 20.1. The van der Waals surface area contributed by atoms with E-state index in [4.69, 9.17) is 0 Å². The van der Waals surface area contributed by atoms with Crippen molar-refractivity contribution >= 4 is 22.0 Å². The molecular weight excluding hydrogens is 394 g/mol. The van der Waals surface area contributed by atoms with Gasteiger partial charge in [-0.1, -0.05) is 90.0 Å². The van der Waals surface area contributed by atoms with Gasteiger partial charge in [-0.05, 0) is 37.1 Å². The number of carbonyl (C=O) groups is 1. The molecule has 30 heavy (non-hydrogen) atoms. The van der Waals surface area contributed by atoms with E-state index in [9.17, 15) is 13.2 Å². The van der Waals surface area contributed by atoms with Gasteiger partial charge < -0.3 is 0 Å². The van der Waals surface area contributed by atoms with E-state index in [1.165, 1.54) is 0 Å². The monoisotopic (exact) mass is 417 g/mol. The SMILES string of the molecule is Cc1ccc([C@@H]2[C@H](/C=C/c3ccccc3)C(=O)N2S(=O)(=O)c2ccc(C)cc2)cc1. The number of nitrogens with zero attached hydrogens (tertiary/aromatic N) is 1. The summed E-state index contributed by atoms with van der Waals surface area (Å²) in [4.78, 5) is 13.1. The van der Waals surface area contributed by atoms with Crippen molar-refractivity contribution in [3.8, 4) is 0 Å². The van der Waals surface area contributed by atoms with E-state index in [2.05, 4.69) is 0 Å². The standard InChI is InChI=1S/C25H23NO3S/c1-18-8-13-21(14-9-18)24-23(17-12-20-6-4-3-5-7-20)25(27)26(24)30(28,29)22-15-10-19(2)11-16-22/h3-17,23-24H,1-2H3/b17-12+/t23-,24+/m0/s1. The molecule has 1 saturated heterocycles. The highest BCUT2D eigenvalue weighted by atomic mass is 32.2. The molecule has 0 N–H and O–H groups in total. The number of benzene rings is 3. The van der Waals surface area contributed by atoms with Crippen LogP contribution in [0.4, 0.5) is 0 Å². The number of carbonyl (C=O) groups excluding carboxylic acids is 1. The lowest BCUT2D eigenvalue weighted by atomic mass is 9.84. The predicted octanol–water partition coefficient (Wildman–Crippen LogP) is 4.91. The van der Waals surface area contributed by atoms with Gasteiger partial charge in [0.25, 0.3) is 10.0 Å². The third-order valence-corrected chi connectivity index (χ3v) is 7.18. The summed E-state index contributed by atoms with van der Waals surface area (Å²) in [6.45, 7) is 3.87. The minimum absolute atomic E-state index is 0.129. The molecule has 3 aromatic carbocycles. The number of rotatable bonds is 5. The first-order chi connectivity index (χ1) is 14.4. The molecule has 4 nitrogen and oxygen atoms in total. The highest BCUT2D eigenvalue weighted by molar-refractivity contribution is 7.89. The molecule has 1 aliphatic heterocycles. The molecule has 1 fully saturated rings. The van der Waals surface area contributed by atoms with Gasteiger partial charge in [0.2, 0.25) is 5.91 Å². The molecule has 0 saturated carbocycles. The maximum Gasteiger partial charge on any atom is 0.267 e. The molecule has 2 atom stereocenters. The molecule has 0 spiro atoms. The van der Waals surface area contributed by atoms with E-state index >= 15 is 0 Å². The van der Waals surface area contributed by atoms with Gasteiger partial charge >= 0.3 is 0 Å². The molecule has 4 rings (SSSR count). The van der Waals surface area contributed by atoms with E-state index in [0.29, 0.717) is 0 Å². The second-order valence-electron chi connectivity index (χ2n) is 7.60. The lowest BCUT2D eigenvalue weighted by molar-refractivity contribution is -0.143. The quantitative estimate of drug-likeness (QED) is 0.555. The van der Waals surface area contributed by atoms with Crippen molar-refractivity contribution in [3.05, 3.63) is 107 Å². The highest BCUT2D eigenvalue weighted by Gasteiger charge is 2.53. The van der Waals surface area contributed by atoms with Crippen LogP contribution in [0.1, 0.15) is 28.3 Å². The Hall–Kier alpha value is -3.18. The summed E-state index contributed by atoms with van der Waals surface area (Å²) in [6, 6.07) is 23.4. The third kappa shape index (κ3) is 3.68. The van der Waals surface area contributed by atoms with Crippen molar-refractivity contribution in [2.24, 2.45) is 5.92 Å². The number of sulfonamides is 1. The van der Waals surface area contributed by atoms with Crippen molar-refractivity contribution in [1.82, 2.24) is 4.31 Å². The second kappa shape index (κ2) is 7.92. The van der Waals surface area contributed by atoms with Gasteiger partial charge in [-0.2, -0.15) is 0 Å². The van der Waals surface area contributed by atoms with E-state index in [0.717, 1.165) is 26.6 Å². The van der Waals surface area contributed by atoms with Crippen LogP contribution in [0.15, 0.2) is 89.8 Å². The van der Waals surface area contributed by atoms with Gasteiger partial charge in [0.1, 0.15) is 0 Å². The minimum Gasteiger partial charge on any atom is -0.273 e. The van der Waals surface area contributed by atoms with Gasteiger partial charge in [-0.25, -0.2) is 12.7 Å².